The standard InChI is InChI=1S/C57H53BN2S/c1-54(2,3)32-18-20-33(21-19-32)59-47-29-45-44(55(4,5)24-25-56(45,6)7)27-39(47)36-22-23-37-40-26-41-35-15-11-13-17-50(35)61-51(41)31-48(40)60-49-30-43-38(28-46(49)58-52(36)53(37)60)34-14-10-12-16-42(34)57(43,8)9/h10-23,26-31,58-59H,24-25H2,1-9H3. The number of rotatable bonds is 3. The Bertz CT molecular complexity index is 3360. The van der Waals surface area contributed by atoms with Gasteiger partial charge in [0.05, 0.1) is 5.52 Å². The highest BCUT2D eigenvalue weighted by atomic mass is 32.1. The lowest BCUT2D eigenvalue weighted by atomic mass is 9.58. The third-order valence-electron chi connectivity index (χ3n) is 15.2. The van der Waals surface area contributed by atoms with Crippen molar-refractivity contribution in [3.8, 4) is 27.9 Å². The number of thiophene rings is 1. The van der Waals surface area contributed by atoms with Gasteiger partial charge in [0.25, 0.3) is 0 Å². The van der Waals surface area contributed by atoms with Crippen LogP contribution in [-0.4, -0.2) is 11.8 Å². The van der Waals surface area contributed by atoms with E-state index in [9.17, 15) is 0 Å². The highest BCUT2D eigenvalue weighted by Crippen LogP contribution is 2.52. The number of nitrogens with one attached hydrogen (secondary N) is 1. The number of hydrogen-bond acceptors (Lipinski definition) is 2. The molecule has 4 heteroatoms. The zero-order valence-corrected chi connectivity index (χ0v) is 37.8. The highest BCUT2D eigenvalue weighted by Gasteiger charge is 2.40. The van der Waals surface area contributed by atoms with Crippen molar-refractivity contribution in [2.75, 3.05) is 5.32 Å². The number of anilines is 2. The van der Waals surface area contributed by atoms with E-state index in [1.165, 1.54) is 127 Å². The lowest BCUT2D eigenvalue weighted by Gasteiger charge is -2.42. The van der Waals surface area contributed by atoms with Gasteiger partial charge in [-0.1, -0.05) is 141 Å². The average Bonchev–Trinajstić information content (AvgIpc) is 3.83. The van der Waals surface area contributed by atoms with Crippen molar-refractivity contribution in [1.29, 1.82) is 0 Å². The molecule has 0 bridgehead atoms. The molecule has 0 unspecified atom stereocenters. The number of hydrogen-bond donors (Lipinski definition) is 1. The van der Waals surface area contributed by atoms with E-state index < -0.39 is 0 Å². The maximum Gasteiger partial charge on any atom is 0.198 e. The molecule has 3 aliphatic rings. The van der Waals surface area contributed by atoms with Crippen LogP contribution < -0.4 is 16.2 Å². The molecule has 12 rings (SSSR count). The first-order valence-corrected chi connectivity index (χ1v) is 23.2. The van der Waals surface area contributed by atoms with E-state index in [1.807, 2.05) is 11.3 Å². The molecule has 1 N–H and O–H groups in total. The van der Waals surface area contributed by atoms with Gasteiger partial charge in [0, 0.05) is 64.5 Å². The fourth-order valence-electron chi connectivity index (χ4n) is 11.5. The second kappa shape index (κ2) is 12.3. The molecular formula is C57H53BN2S. The van der Waals surface area contributed by atoms with E-state index in [0.29, 0.717) is 0 Å². The fraction of sp³-hybridized carbons (Fsp3) is 0.263. The summed E-state index contributed by atoms with van der Waals surface area (Å²) in [4.78, 5) is 0. The van der Waals surface area contributed by atoms with Crippen molar-refractivity contribution in [3.63, 3.8) is 0 Å². The van der Waals surface area contributed by atoms with Crippen LogP contribution in [0, 0.1) is 0 Å². The van der Waals surface area contributed by atoms with Gasteiger partial charge in [-0.25, -0.2) is 0 Å². The zero-order valence-electron chi connectivity index (χ0n) is 37.0. The SMILES string of the molecule is CC(C)(C)c1ccc(Nc2cc3c(cc2-c2ccc4c5cc6c(cc5n5c4c2Bc2cc4c(cc2-5)C(C)(C)c2ccccc2-4)sc2ccccc26)C(C)(C)CCC3(C)C)cc1. The summed E-state index contributed by atoms with van der Waals surface area (Å²) in [6.07, 6.45) is 2.35. The van der Waals surface area contributed by atoms with Gasteiger partial charge in [-0.3, -0.25) is 0 Å². The summed E-state index contributed by atoms with van der Waals surface area (Å²) in [6.45, 7) is 21.5. The maximum absolute atomic E-state index is 4.03. The number of benzene rings is 7. The van der Waals surface area contributed by atoms with Gasteiger partial charge in [-0.05, 0) is 128 Å². The summed E-state index contributed by atoms with van der Waals surface area (Å²) in [6, 6.07) is 47.3. The van der Waals surface area contributed by atoms with E-state index >= 15 is 0 Å². The molecule has 0 atom stereocenters. The smallest absolute Gasteiger partial charge is 0.198 e. The molecule has 0 spiro atoms. The van der Waals surface area contributed by atoms with Crippen molar-refractivity contribution in [2.24, 2.45) is 0 Å². The second-order valence-electron chi connectivity index (χ2n) is 21.3. The fourth-order valence-corrected chi connectivity index (χ4v) is 12.7. The quantitative estimate of drug-likeness (QED) is 0.176. The molecule has 0 amide bonds. The van der Waals surface area contributed by atoms with Crippen LogP contribution in [0.4, 0.5) is 11.4 Å². The van der Waals surface area contributed by atoms with E-state index in [2.05, 4.69) is 194 Å². The van der Waals surface area contributed by atoms with Gasteiger partial charge in [0.2, 0.25) is 0 Å². The highest BCUT2D eigenvalue weighted by molar-refractivity contribution is 7.25. The van der Waals surface area contributed by atoms with Crippen LogP contribution in [0.25, 0.3) is 69.9 Å². The lowest BCUT2D eigenvalue weighted by Crippen LogP contribution is -2.38. The van der Waals surface area contributed by atoms with Crippen molar-refractivity contribution in [2.45, 2.75) is 96.8 Å². The van der Waals surface area contributed by atoms with E-state index in [4.69, 9.17) is 0 Å². The maximum atomic E-state index is 4.03. The van der Waals surface area contributed by atoms with Crippen LogP contribution >= 0.6 is 11.3 Å². The Morgan fingerprint density at radius 1 is 0.574 bits per heavy atom. The molecule has 9 aromatic rings. The van der Waals surface area contributed by atoms with Gasteiger partial charge in [0.1, 0.15) is 0 Å². The molecule has 3 heterocycles. The molecule has 61 heavy (non-hydrogen) atoms. The van der Waals surface area contributed by atoms with E-state index in [0.717, 1.165) is 13.0 Å². The molecule has 0 fully saturated rings. The molecule has 7 aromatic carbocycles. The zero-order chi connectivity index (χ0) is 42.0. The Hall–Kier alpha value is -5.58. The summed E-state index contributed by atoms with van der Waals surface area (Å²) in [5.41, 5.74) is 21.8. The second-order valence-corrected chi connectivity index (χ2v) is 22.4. The van der Waals surface area contributed by atoms with Gasteiger partial charge in [-0.15, -0.1) is 11.3 Å². The lowest BCUT2D eigenvalue weighted by molar-refractivity contribution is 0.332. The summed E-state index contributed by atoms with van der Waals surface area (Å²) in [7, 11) is 0.872. The molecule has 0 saturated heterocycles. The van der Waals surface area contributed by atoms with Crippen LogP contribution in [0.2, 0.25) is 0 Å². The Balaban J connectivity index is 1.16. The van der Waals surface area contributed by atoms with Crippen molar-refractivity contribution < 1.29 is 0 Å². The number of nitrogens with zero attached hydrogens (tertiary/aromatic N) is 1. The predicted octanol–water partition coefficient (Wildman–Crippen LogP) is 14.2. The van der Waals surface area contributed by atoms with Crippen molar-refractivity contribution in [1.82, 2.24) is 4.57 Å². The first kappa shape index (κ1) is 37.2. The third kappa shape index (κ3) is 5.27. The molecule has 2 aromatic heterocycles. The predicted molar refractivity (Wildman–Crippen MR) is 267 cm³/mol. The van der Waals surface area contributed by atoms with E-state index in [1.54, 1.807) is 0 Å². The Kier molecular flexibility index (Phi) is 7.50. The van der Waals surface area contributed by atoms with E-state index in [-0.39, 0.29) is 21.7 Å². The Morgan fingerprint density at radius 3 is 2.07 bits per heavy atom. The monoisotopic (exact) mass is 808 g/mol. The van der Waals surface area contributed by atoms with Gasteiger partial charge >= 0.3 is 0 Å². The summed E-state index contributed by atoms with van der Waals surface area (Å²) in [5, 5.41) is 9.40. The number of fused-ring (bicyclic) bond motifs is 12. The van der Waals surface area contributed by atoms with Crippen LogP contribution in [0.5, 0.6) is 0 Å². The third-order valence-corrected chi connectivity index (χ3v) is 16.4. The first-order chi connectivity index (χ1) is 29.1. The molecule has 0 saturated carbocycles. The van der Waals surface area contributed by atoms with Crippen molar-refractivity contribution in [3.05, 3.63) is 149 Å². The summed E-state index contributed by atoms with van der Waals surface area (Å²) >= 11 is 1.92. The summed E-state index contributed by atoms with van der Waals surface area (Å²) < 4.78 is 5.36. The molecule has 300 valence electrons. The van der Waals surface area contributed by atoms with Crippen LogP contribution in [-0.2, 0) is 21.7 Å². The minimum absolute atomic E-state index is 0.0740. The Labute approximate surface area is 364 Å². The molecular weight excluding hydrogens is 756 g/mol. The normalized spacial score (nSPS) is 16.7. The molecule has 2 nitrogen and oxygen atoms in total. The minimum Gasteiger partial charge on any atom is -0.355 e. The van der Waals surface area contributed by atoms with Crippen LogP contribution in [0.1, 0.15) is 103 Å². The molecule has 1 aliphatic heterocycles. The molecule has 0 radical (unpaired) electrons. The number of aromatic nitrogens is 1. The van der Waals surface area contributed by atoms with Crippen molar-refractivity contribution >= 4 is 82.9 Å². The summed E-state index contributed by atoms with van der Waals surface area (Å²) in [5.74, 6) is 0. The van der Waals surface area contributed by atoms with Gasteiger partial charge < -0.3 is 9.88 Å². The van der Waals surface area contributed by atoms with Crippen LogP contribution in [0.3, 0.4) is 0 Å². The molecule has 2 aliphatic carbocycles. The topological polar surface area (TPSA) is 17.0 Å². The van der Waals surface area contributed by atoms with Crippen LogP contribution in [0.15, 0.2) is 121 Å². The largest absolute Gasteiger partial charge is 0.355 e. The Morgan fingerprint density at radius 2 is 1.30 bits per heavy atom. The minimum atomic E-state index is -0.0841. The first-order valence-electron chi connectivity index (χ1n) is 22.3. The average molecular weight is 809 g/mol. The van der Waals surface area contributed by atoms with Gasteiger partial charge in [0.15, 0.2) is 7.28 Å². The van der Waals surface area contributed by atoms with Gasteiger partial charge in [-0.2, -0.15) is 0 Å².